The zero-order valence-electron chi connectivity index (χ0n) is 17.7. The molecule has 3 N–H and O–H groups in total. The minimum Gasteiger partial charge on any atom is -0.368 e. The first-order valence-electron chi connectivity index (χ1n) is 9.62. The monoisotopic (exact) mass is 516 g/mol. The molecule has 0 spiro atoms. The molecule has 1 saturated heterocycles. The number of aliphatic imine (C=N–C) groups is 1. The van der Waals surface area contributed by atoms with E-state index in [-0.39, 0.29) is 54.4 Å². The number of nitrogens with one attached hydrogen (secondary N) is 3. The largest absolute Gasteiger partial charge is 0.368 e. The van der Waals surface area contributed by atoms with Crippen LogP contribution < -0.4 is 20.9 Å². The number of carbonyl (C=O) groups is 2. The second kappa shape index (κ2) is 11.8. The molecule has 9 heteroatoms. The number of piperazine rings is 1. The molecule has 1 aromatic rings. The van der Waals surface area contributed by atoms with Crippen LogP contribution in [0.3, 0.4) is 0 Å². The van der Waals surface area contributed by atoms with E-state index in [1.165, 1.54) is 5.69 Å². The average Bonchev–Trinajstić information content (AvgIpc) is 2.67. The quantitative estimate of drug-likeness (QED) is 0.309. The maximum absolute atomic E-state index is 12.5. The van der Waals surface area contributed by atoms with Gasteiger partial charge in [0.05, 0.1) is 13.1 Å². The SMILES string of the molecule is CN=C(NCC(=O)NC(C)(C)C)NCC(=O)N1CCN(c2ccccc2)CC1.I. The van der Waals surface area contributed by atoms with Crippen molar-refractivity contribution in [3.8, 4) is 0 Å². The number of halogens is 1. The summed E-state index contributed by atoms with van der Waals surface area (Å²) in [7, 11) is 1.61. The Kier molecular flexibility index (Phi) is 10.2. The number of hydrogen-bond donors (Lipinski definition) is 3. The lowest BCUT2D eigenvalue weighted by molar-refractivity contribution is -0.130. The van der Waals surface area contributed by atoms with Crippen LogP contribution in [-0.4, -0.2) is 74.5 Å². The number of hydrogen-bond acceptors (Lipinski definition) is 4. The molecule has 2 amide bonds. The van der Waals surface area contributed by atoms with Crippen molar-refractivity contribution in [1.82, 2.24) is 20.9 Å². The van der Waals surface area contributed by atoms with Gasteiger partial charge in [0.2, 0.25) is 11.8 Å². The van der Waals surface area contributed by atoms with Crippen molar-refractivity contribution in [2.45, 2.75) is 26.3 Å². The number of para-hydroxylation sites is 1. The van der Waals surface area contributed by atoms with Gasteiger partial charge in [-0.15, -0.1) is 24.0 Å². The summed E-state index contributed by atoms with van der Waals surface area (Å²) in [6.07, 6.45) is 0. The van der Waals surface area contributed by atoms with Crippen LogP contribution in [0.15, 0.2) is 35.3 Å². The molecule has 0 aromatic heterocycles. The first-order chi connectivity index (χ1) is 13.3. The third kappa shape index (κ3) is 8.88. The van der Waals surface area contributed by atoms with Crippen LogP contribution in [0.5, 0.6) is 0 Å². The van der Waals surface area contributed by atoms with E-state index in [9.17, 15) is 9.59 Å². The number of guanidine groups is 1. The van der Waals surface area contributed by atoms with Crippen molar-refractivity contribution in [3.05, 3.63) is 30.3 Å². The predicted molar refractivity (Wildman–Crippen MR) is 128 cm³/mol. The highest BCUT2D eigenvalue weighted by Gasteiger charge is 2.21. The molecule has 0 unspecified atom stereocenters. The lowest BCUT2D eigenvalue weighted by atomic mass is 10.1. The zero-order valence-corrected chi connectivity index (χ0v) is 20.0. The highest BCUT2D eigenvalue weighted by Crippen LogP contribution is 2.15. The molecule has 1 aliphatic rings. The van der Waals surface area contributed by atoms with Gasteiger partial charge in [-0.3, -0.25) is 14.6 Å². The maximum atomic E-state index is 12.5. The third-order valence-corrected chi connectivity index (χ3v) is 4.32. The van der Waals surface area contributed by atoms with E-state index in [1.54, 1.807) is 7.05 Å². The number of nitrogens with zero attached hydrogens (tertiary/aromatic N) is 3. The van der Waals surface area contributed by atoms with E-state index in [1.807, 2.05) is 43.9 Å². The molecule has 0 atom stereocenters. The van der Waals surface area contributed by atoms with Gasteiger partial charge in [0, 0.05) is 44.5 Å². The Morgan fingerprint density at radius 2 is 1.59 bits per heavy atom. The molecular weight excluding hydrogens is 483 g/mol. The zero-order chi connectivity index (χ0) is 20.6. The molecule has 2 rings (SSSR count). The molecule has 0 aliphatic carbocycles. The number of anilines is 1. The summed E-state index contributed by atoms with van der Waals surface area (Å²) in [5.41, 5.74) is 0.902. The second-order valence-corrected chi connectivity index (χ2v) is 7.78. The first kappa shape index (κ1) is 25.0. The molecule has 8 nitrogen and oxygen atoms in total. The number of rotatable bonds is 5. The van der Waals surface area contributed by atoms with Crippen molar-refractivity contribution in [2.75, 3.05) is 51.2 Å². The van der Waals surface area contributed by atoms with Gasteiger partial charge in [-0.25, -0.2) is 0 Å². The molecule has 0 radical (unpaired) electrons. The van der Waals surface area contributed by atoms with Gasteiger partial charge in [0.15, 0.2) is 5.96 Å². The smallest absolute Gasteiger partial charge is 0.242 e. The van der Waals surface area contributed by atoms with Crippen LogP contribution in [0.1, 0.15) is 20.8 Å². The molecule has 1 aromatic carbocycles. The fraction of sp³-hybridized carbons (Fsp3) is 0.550. The Labute approximate surface area is 190 Å². The van der Waals surface area contributed by atoms with Crippen molar-refractivity contribution in [3.63, 3.8) is 0 Å². The second-order valence-electron chi connectivity index (χ2n) is 7.78. The fourth-order valence-corrected chi connectivity index (χ4v) is 2.97. The summed E-state index contributed by atoms with van der Waals surface area (Å²) in [6.45, 7) is 9.03. The van der Waals surface area contributed by atoms with Crippen LogP contribution >= 0.6 is 24.0 Å². The van der Waals surface area contributed by atoms with E-state index in [2.05, 4.69) is 38.0 Å². The van der Waals surface area contributed by atoms with Crippen LogP contribution in [0.25, 0.3) is 0 Å². The molecule has 29 heavy (non-hydrogen) atoms. The Balaban J connectivity index is 0.00000420. The van der Waals surface area contributed by atoms with Gasteiger partial charge >= 0.3 is 0 Å². The maximum Gasteiger partial charge on any atom is 0.242 e. The van der Waals surface area contributed by atoms with Crippen molar-refractivity contribution in [1.29, 1.82) is 0 Å². The van der Waals surface area contributed by atoms with Crippen molar-refractivity contribution >= 4 is 47.4 Å². The van der Waals surface area contributed by atoms with E-state index >= 15 is 0 Å². The highest BCUT2D eigenvalue weighted by atomic mass is 127. The van der Waals surface area contributed by atoms with E-state index in [4.69, 9.17) is 0 Å². The summed E-state index contributed by atoms with van der Waals surface area (Å²) in [6, 6.07) is 10.2. The van der Waals surface area contributed by atoms with Crippen molar-refractivity contribution < 1.29 is 9.59 Å². The lowest BCUT2D eigenvalue weighted by Crippen LogP contribution is -2.53. The third-order valence-electron chi connectivity index (χ3n) is 4.32. The topological polar surface area (TPSA) is 89.1 Å². The first-order valence-corrected chi connectivity index (χ1v) is 9.62. The molecule has 1 fully saturated rings. The normalized spacial score (nSPS) is 14.7. The average molecular weight is 516 g/mol. The summed E-state index contributed by atoms with van der Waals surface area (Å²) in [5, 5.41) is 8.78. The summed E-state index contributed by atoms with van der Waals surface area (Å²) >= 11 is 0. The van der Waals surface area contributed by atoms with Gasteiger partial charge < -0.3 is 25.8 Å². The standard InChI is InChI=1S/C20H32N6O2.HI/c1-20(2,3)24-17(27)14-22-19(21-4)23-15-18(28)26-12-10-25(11-13-26)16-8-6-5-7-9-16;/h5-9H,10-15H2,1-4H3,(H,24,27)(H2,21,22,23);1H. The Morgan fingerprint density at radius 3 is 2.14 bits per heavy atom. The Morgan fingerprint density at radius 1 is 1.00 bits per heavy atom. The van der Waals surface area contributed by atoms with Crippen LogP contribution in [-0.2, 0) is 9.59 Å². The Bertz CT molecular complexity index is 682. The van der Waals surface area contributed by atoms with Gasteiger partial charge in [-0.1, -0.05) is 18.2 Å². The molecule has 0 saturated carbocycles. The molecule has 1 aliphatic heterocycles. The minimum atomic E-state index is -0.284. The molecule has 162 valence electrons. The van der Waals surface area contributed by atoms with Gasteiger partial charge in [0.1, 0.15) is 0 Å². The van der Waals surface area contributed by atoms with Crippen LogP contribution in [0.4, 0.5) is 5.69 Å². The van der Waals surface area contributed by atoms with E-state index in [0.717, 1.165) is 13.1 Å². The number of amides is 2. The highest BCUT2D eigenvalue weighted by molar-refractivity contribution is 14.0. The molecular formula is C20H33IN6O2. The van der Waals surface area contributed by atoms with E-state index < -0.39 is 0 Å². The summed E-state index contributed by atoms with van der Waals surface area (Å²) in [4.78, 5) is 32.5. The minimum absolute atomic E-state index is 0. The Hall–Kier alpha value is -2.04. The molecule has 0 bridgehead atoms. The summed E-state index contributed by atoms with van der Waals surface area (Å²) < 4.78 is 0. The van der Waals surface area contributed by atoms with Gasteiger partial charge in [0.25, 0.3) is 0 Å². The van der Waals surface area contributed by atoms with E-state index in [0.29, 0.717) is 19.0 Å². The van der Waals surface area contributed by atoms with Crippen LogP contribution in [0, 0.1) is 0 Å². The van der Waals surface area contributed by atoms with Gasteiger partial charge in [-0.05, 0) is 32.9 Å². The lowest BCUT2D eigenvalue weighted by Gasteiger charge is -2.36. The number of benzene rings is 1. The number of carbonyl (C=O) groups excluding carboxylic acids is 2. The fourth-order valence-electron chi connectivity index (χ4n) is 2.97. The predicted octanol–water partition coefficient (Wildman–Crippen LogP) is 1.03. The van der Waals surface area contributed by atoms with Crippen LogP contribution in [0.2, 0.25) is 0 Å². The summed E-state index contributed by atoms with van der Waals surface area (Å²) in [5.74, 6) is 0.328. The van der Waals surface area contributed by atoms with Gasteiger partial charge in [-0.2, -0.15) is 0 Å². The van der Waals surface area contributed by atoms with Crippen molar-refractivity contribution in [2.24, 2.45) is 4.99 Å². The molecule has 1 heterocycles.